The van der Waals surface area contributed by atoms with Crippen LogP contribution in [0.25, 0.3) is 17.2 Å². The molecule has 4 aromatic rings. The smallest absolute Gasteiger partial charge is 0.310 e. The summed E-state index contributed by atoms with van der Waals surface area (Å²) in [4.78, 5) is 25.0. The molecule has 10 nitrogen and oxygen atoms in total. The van der Waals surface area contributed by atoms with Crippen LogP contribution in [0.2, 0.25) is 0 Å². The number of urea groups is 1. The maximum absolute atomic E-state index is 12.3. The normalized spacial score (nSPS) is 10.9. The number of carbonyl (C=O) groups excluding carboxylic acids is 1. The first-order valence-electron chi connectivity index (χ1n) is 8.99. The molecule has 0 aliphatic heterocycles. The first-order valence-corrected chi connectivity index (χ1v) is 8.99. The van der Waals surface area contributed by atoms with E-state index in [0.717, 1.165) is 5.69 Å². The van der Waals surface area contributed by atoms with Crippen LogP contribution in [0.3, 0.4) is 0 Å². The summed E-state index contributed by atoms with van der Waals surface area (Å²) in [6, 6.07) is 8.62. The van der Waals surface area contributed by atoms with E-state index in [4.69, 9.17) is 0 Å². The van der Waals surface area contributed by atoms with Crippen LogP contribution in [0.4, 0.5) is 16.4 Å². The highest BCUT2D eigenvalue weighted by atomic mass is 16.2. The molecule has 0 aliphatic rings. The second-order valence-corrected chi connectivity index (χ2v) is 6.51. The van der Waals surface area contributed by atoms with Crippen molar-refractivity contribution in [2.45, 2.75) is 19.9 Å². The van der Waals surface area contributed by atoms with Crippen LogP contribution in [-0.4, -0.2) is 40.3 Å². The van der Waals surface area contributed by atoms with Crippen molar-refractivity contribution in [2.24, 2.45) is 0 Å². The molecule has 0 aliphatic carbocycles. The Kier molecular flexibility index (Phi) is 4.97. The molecule has 4 aromatic heterocycles. The highest BCUT2D eigenvalue weighted by molar-refractivity contribution is 5.98. The van der Waals surface area contributed by atoms with Gasteiger partial charge in [-0.2, -0.15) is 0 Å². The van der Waals surface area contributed by atoms with Crippen LogP contribution in [-0.2, 0) is 0 Å². The average Bonchev–Trinajstić information content (AvgIpc) is 3.41. The van der Waals surface area contributed by atoms with Gasteiger partial charge in [-0.1, -0.05) is 6.07 Å². The van der Waals surface area contributed by atoms with E-state index in [2.05, 4.69) is 35.8 Å². The molecular formula is C19H19N9O. The number of pyridine rings is 2. The van der Waals surface area contributed by atoms with E-state index in [0.29, 0.717) is 23.2 Å². The first kappa shape index (κ1) is 18.3. The number of carbonyl (C=O) groups is 1. The fourth-order valence-electron chi connectivity index (χ4n) is 2.72. The monoisotopic (exact) mass is 389 g/mol. The molecule has 0 unspecified atom stereocenters. The third-order valence-corrected chi connectivity index (χ3v) is 4.14. The van der Waals surface area contributed by atoms with Crippen LogP contribution in [0.1, 0.15) is 19.9 Å². The molecule has 146 valence electrons. The molecule has 0 fully saturated rings. The number of hydrogen-bond acceptors (Lipinski definition) is 6. The van der Waals surface area contributed by atoms with E-state index >= 15 is 0 Å². The van der Waals surface area contributed by atoms with Crippen molar-refractivity contribution >= 4 is 17.7 Å². The summed E-state index contributed by atoms with van der Waals surface area (Å²) in [6.07, 6.45) is 8.48. The van der Waals surface area contributed by atoms with Crippen molar-refractivity contribution in [1.29, 1.82) is 0 Å². The zero-order chi connectivity index (χ0) is 20.2. The topological polar surface area (TPSA) is 115 Å². The van der Waals surface area contributed by atoms with E-state index in [1.54, 1.807) is 43.2 Å². The quantitative estimate of drug-likeness (QED) is 0.542. The van der Waals surface area contributed by atoms with Gasteiger partial charge < -0.3 is 9.13 Å². The molecule has 29 heavy (non-hydrogen) atoms. The summed E-state index contributed by atoms with van der Waals surface area (Å²) in [5, 5.41) is 13.5. The molecule has 0 bridgehead atoms. The number of hydrogen-bond donors (Lipinski definition) is 2. The Labute approximate surface area is 166 Å². The molecule has 0 spiro atoms. The summed E-state index contributed by atoms with van der Waals surface area (Å²) in [6.45, 7) is 4.07. The van der Waals surface area contributed by atoms with Gasteiger partial charge in [0.15, 0.2) is 5.82 Å². The van der Waals surface area contributed by atoms with Crippen molar-refractivity contribution in [3.8, 4) is 17.2 Å². The zero-order valence-corrected chi connectivity index (χ0v) is 15.9. The summed E-state index contributed by atoms with van der Waals surface area (Å²) in [5.41, 5.74) is 1.47. The molecule has 0 saturated heterocycles. The Bertz CT molecular complexity index is 1100. The third-order valence-electron chi connectivity index (χ3n) is 4.14. The number of nitrogens with one attached hydrogen (secondary N) is 2. The lowest BCUT2D eigenvalue weighted by Gasteiger charge is -2.11. The molecule has 10 heteroatoms. The minimum atomic E-state index is -0.442. The average molecular weight is 389 g/mol. The van der Waals surface area contributed by atoms with Gasteiger partial charge in [-0.05, 0) is 38.1 Å². The number of imidazole rings is 1. The first-order chi connectivity index (χ1) is 14.1. The van der Waals surface area contributed by atoms with Gasteiger partial charge in [0.2, 0.25) is 0 Å². The predicted molar refractivity (Wildman–Crippen MR) is 108 cm³/mol. The Morgan fingerprint density at radius 2 is 1.93 bits per heavy atom. The maximum Gasteiger partial charge on any atom is 0.326 e. The molecule has 0 radical (unpaired) electrons. The Morgan fingerprint density at radius 3 is 2.66 bits per heavy atom. The lowest BCUT2D eigenvalue weighted by molar-refractivity contribution is 0.262. The van der Waals surface area contributed by atoms with Gasteiger partial charge in [0.05, 0.1) is 18.2 Å². The Hall–Kier alpha value is -4.08. The second kappa shape index (κ2) is 7.89. The van der Waals surface area contributed by atoms with E-state index < -0.39 is 6.03 Å². The van der Waals surface area contributed by atoms with Gasteiger partial charge in [0.25, 0.3) is 0 Å². The van der Waals surface area contributed by atoms with Gasteiger partial charge in [0, 0.05) is 18.4 Å². The minimum Gasteiger partial charge on any atom is -0.310 e. The fraction of sp³-hybridized carbons (Fsp3) is 0.158. The summed E-state index contributed by atoms with van der Waals surface area (Å²) >= 11 is 0. The fourth-order valence-corrected chi connectivity index (χ4v) is 2.72. The van der Waals surface area contributed by atoms with Gasteiger partial charge in [-0.15, -0.1) is 10.2 Å². The largest absolute Gasteiger partial charge is 0.326 e. The Balaban J connectivity index is 1.44. The second-order valence-electron chi connectivity index (χ2n) is 6.51. The van der Waals surface area contributed by atoms with Crippen LogP contribution in [0.5, 0.6) is 0 Å². The third kappa shape index (κ3) is 4.10. The lowest BCUT2D eigenvalue weighted by Crippen LogP contribution is -2.20. The van der Waals surface area contributed by atoms with E-state index in [1.807, 2.05) is 41.3 Å². The van der Waals surface area contributed by atoms with Crippen molar-refractivity contribution in [3.05, 3.63) is 61.6 Å². The highest BCUT2D eigenvalue weighted by Gasteiger charge is 2.12. The number of rotatable bonds is 5. The SMILES string of the molecule is CC(C)n1cnnc1-c1cccc(NC(=O)Nc2ccc(-n3ccnc3)cn2)n1. The van der Waals surface area contributed by atoms with E-state index in [9.17, 15) is 4.79 Å². The number of amides is 2. The molecule has 4 rings (SSSR count). The van der Waals surface area contributed by atoms with E-state index in [-0.39, 0.29) is 6.04 Å². The van der Waals surface area contributed by atoms with Crippen LogP contribution in [0.15, 0.2) is 61.6 Å². The van der Waals surface area contributed by atoms with Crippen LogP contribution in [0, 0.1) is 0 Å². The van der Waals surface area contributed by atoms with Crippen LogP contribution < -0.4 is 10.6 Å². The van der Waals surface area contributed by atoms with Crippen molar-refractivity contribution < 1.29 is 4.79 Å². The standard InChI is InChI=1S/C19H19N9O/c1-13(2)28-12-22-26-18(28)15-4-3-5-17(23-15)25-19(29)24-16-7-6-14(10-21-16)27-9-8-20-11-27/h3-13H,1-2H3,(H2,21,23,24,25,29). The summed E-state index contributed by atoms with van der Waals surface area (Å²) < 4.78 is 3.74. The molecule has 2 amide bonds. The van der Waals surface area contributed by atoms with Crippen molar-refractivity contribution in [3.63, 3.8) is 0 Å². The molecule has 0 aromatic carbocycles. The molecule has 0 saturated carbocycles. The van der Waals surface area contributed by atoms with Crippen LogP contribution >= 0.6 is 0 Å². The summed E-state index contributed by atoms with van der Waals surface area (Å²) in [7, 11) is 0. The summed E-state index contributed by atoms with van der Waals surface area (Å²) in [5.74, 6) is 1.45. The predicted octanol–water partition coefficient (Wildman–Crippen LogP) is 3.15. The molecular weight excluding hydrogens is 370 g/mol. The zero-order valence-electron chi connectivity index (χ0n) is 15.9. The maximum atomic E-state index is 12.3. The highest BCUT2D eigenvalue weighted by Crippen LogP contribution is 2.19. The van der Waals surface area contributed by atoms with Crippen molar-refractivity contribution in [1.82, 2.24) is 34.3 Å². The van der Waals surface area contributed by atoms with Gasteiger partial charge in [-0.25, -0.2) is 19.7 Å². The lowest BCUT2D eigenvalue weighted by atomic mass is 10.3. The Morgan fingerprint density at radius 1 is 1.07 bits per heavy atom. The van der Waals surface area contributed by atoms with Gasteiger partial charge in [0.1, 0.15) is 23.7 Å². The van der Waals surface area contributed by atoms with Gasteiger partial charge in [-0.3, -0.25) is 10.6 Å². The molecule has 2 N–H and O–H groups in total. The number of nitrogens with zero attached hydrogens (tertiary/aromatic N) is 7. The molecule has 4 heterocycles. The number of anilines is 2. The molecule has 0 atom stereocenters. The number of aromatic nitrogens is 7. The van der Waals surface area contributed by atoms with E-state index in [1.165, 1.54) is 0 Å². The minimum absolute atomic E-state index is 0.193. The van der Waals surface area contributed by atoms with Crippen molar-refractivity contribution in [2.75, 3.05) is 10.6 Å². The van der Waals surface area contributed by atoms with Gasteiger partial charge >= 0.3 is 6.03 Å².